The van der Waals surface area contributed by atoms with E-state index in [4.69, 9.17) is 22.2 Å². The van der Waals surface area contributed by atoms with Crippen LogP contribution in [0, 0.1) is 0 Å². The number of halogens is 1. The molecule has 3 N–H and O–H groups in total. The van der Waals surface area contributed by atoms with Crippen molar-refractivity contribution >= 4 is 23.3 Å². The van der Waals surface area contributed by atoms with Crippen LogP contribution in [-0.4, -0.2) is 42.1 Å². The van der Waals surface area contributed by atoms with Crippen LogP contribution >= 0.6 is 11.6 Å². The lowest BCUT2D eigenvalue weighted by atomic mass is 10.2. The van der Waals surface area contributed by atoms with Gasteiger partial charge in [0.25, 0.3) is 5.91 Å². The Hall–Kier alpha value is -1.37. The van der Waals surface area contributed by atoms with E-state index in [0.717, 1.165) is 0 Å². The predicted molar refractivity (Wildman–Crippen MR) is 75.1 cm³/mol. The third kappa shape index (κ3) is 4.66. The molecule has 0 aliphatic carbocycles. The lowest BCUT2D eigenvalue weighted by Crippen LogP contribution is -2.31. The Morgan fingerprint density at radius 3 is 2.84 bits per heavy atom. The zero-order valence-electron chi connectivity index (χ0n) is 11.3. The van der Waals surface area contributed by atoms with Crippen molar-refractivity contribution in [3.05, 3.63) is 22.8 Å². The summed E-state index contributed by atoms with van der Waals surface area (Å²) in [5, 5.41) is 0.306. The number of hydrogen-bond acceptors (Lipinski definition) is 5. The third-order valence-electron chi connectivity index (χ3n) is 2.45. The molecule has 1 amide bonds. The third-order valence-corrected chi connectivity index (χ3v) is 2.74. The second kappa shape index (κ2) is 7.28. The summed E-state index contributed by atoms with van der Waals surface area (Å²) >= 11 is 5.92. The highest BCUT2D eigenvalue weighted by molar-refractivity contribution is 6.33. The highest BCUT2D eigenvalue weighted by atomic mass is 35.5. The maximum Gasteiger partial charge on any atom is 0.255 e. The molecule has 0 aliphatic rings. The molecule has 0 spiro atoms. The summed E-state index contributed by atoms with van der Waals surface area (Å²) < 4.78 is 5.40. The zero-order valence-corrected chi connectivity index (χ0v) is 12.1. The van der Waals surface area contributed by atoms with Crippen molar-refractivity contribution in [2.24, 2.45) is 5.84 Å². The molecule has 1 rings (SSSR count). The number of carbonyl (C=O) groups excluding carboxylic acids is 1. The standard InChI is InChI=1S/C12H19ClN4O2/c1-8(2)19-5-4-17(3)12(18)9-6-10(13)11(16-14)15-7-9/h6-8H,4-5,14H2,1-3H3,(H,15,16). The molecule has 0 aliphatic heterocycles. The number of rotatable bonds is 6. The van der Waals surface area contributed by atoms with Crippen LogP contribution in [0.2, 0.25) is 5.02 Å². The van der Waals surface area contributed by atoms with E-state index in [1.165, 1.54) is 12.3 Å². The van der Waals surface area contributed by atoms with Crippen molar-refractivity contribution in [2.45, 2.75) is 20.0 Å². The summed E-state index contributed by atoms with van der Waals surface area (Å²) in [4.78, 5) is 17.6. The van der Waals surface area contributed by atoms with Crippen LogP contribution in [0.5, 0.6) is 0 Å². The van der Waals surface area contributed by atoms with Crippen LogP contribution in [0.3, 0.4) is 0 Å². The summed E-state index contributed by atoms with van der Waals surface area (Å²) in [5.41, 5.74) is 2.76. The number of hydrogen-bond donors (Lipinski definition) is 2. The van der Waals surface area contributed by atoms with Crippen molar-refractivity contribution < 1.29 is 9.53 Å². The van der Waals surface area contributed by atoms with E-state index in [1.54, 1.807) is 11.9 Å². The van der Waals surface area contributed by atoms with Crippen molar-refractivity contribution in [1.29, 1.82) is 0 Å². The van der Waals surface area contributed by atoms with E-state index in [-0.39, 0.29) is 12.0 Å². The van der Waals surface area contributed by atoms with Crippen molar-refractivity contribution in [1.82, 2.24) is 9.88 Å². The molecule has 106 valence electrons. The number of anilines is 1. The van der Waals surface area contributed by atoms with Gasteiger partial charge in [-0.05, 0) is 19.9 Å². The van der Waals surface area contributed by atoms with Gasteiger partial charge in [0.2, 0.25) is 0 Å². The Kier molecular flexibility index (Phi) is 6.01. The van der Waals surface area contributed by atoms with Crippen LogP contribution in [0.4, 0.5) is 5.82 Å². The number of nitrogens with one attached hydrogen (secondary N) is 1. The molecule has 7 heteroatoms. The fraction of sp³-hybridized carbons (Fsp3) is 0.500. The van der Waals surface area contributed by atoms with Crippen molar-refractivity contribution in [3.8, 4) is 0 Å². The predicted octanol–water partition coefficient (Wildman–Crippen LogP) is 1.52. The summed E-state index contributed by atoms with van der Waals surface area (Å²) in [6.45, 7) is 4.89. The molecule has 1 aromatic rings. The van der Waals surface area contributed by atoms with Crippen LogP contribution < -0.4 is 11.3 Å². The fourth-order valence-electron chi connectivity index (χ4n) is 1.41. The van der Waals surface area contributed by atoms with Gasteiger partial charge in [0.15, 0.2) is 5.82 Å². The molecule has 0 bridgehead atoms. The molecule has 0 saturated carbocycles. The number of nitrogens with two attached hydrogens (primary N) is 1. The molecule has 0 aromatic carbocycles. The van der Waals surface area contributed by atoms with Crippen LogP contribution in [0.25, 0.3) is 0 Å². The number of amides is 1. The minimum atomic E-state index is -0.162. The molecule has 6 nitrogen and oxygen atoms in total. The number of carbonyl (C=O) groups is 1. The number of hydrazine groups is 1. The lowest BCUT2D eigenvalue weighted by Gasteiger charge is -2.18. The second-order valence-corrected chi connectivity index (χ2v) is 4.75. The monoisotopic (exact) mass is 286 g/mol. The van der Waals surface area contributed by atoms with E-state index >= 15 is 0 Å². The number of aromatic nitrogens is 1. The average Bonchev–Trinajstić information content (AvgIpc) is 2.37. The van der Waals surface area contributed by atoms with Gasteiger partial charge in [-0.1, -0.05) is 11.6 Å². The molecule has 0 fully saturated rings. The Morgan fingerprint density at radius 2 is 2.32 bits per heavy atom. The summed E-state index contributed by atoms with van der Waals surface area (Å²) in [7, 11) is 1.70. The molecule has 0 radical (unpaired) electrons. The van der Waals surface area contributed by atoms with E-state index in [0.29, 0.717) is 29.6 Å². The number of pyridine rings is 1. The number of likely N-dealkylation sites (N-methyl/N-ethyl adjacent to an activating group) is 1. The van der Waals surface area contributed by atoms with Gasteiger partial charge < -0.3 is 15.1 Å². The maximum atomic E-state index is 12.1. The van der Waals surface area contributed by atoms with Crippen LogP contribution in [0.15, 0.2) is 12.3 Å². The van der Waals surface area contributed by atoms with Gasteiger partial charge in [0.1, 0.15) is 0 Å². The van der Waals surface area contributed by atoms with Gasteiger partial charge in [-0.15, -0.1) is 0 Å². The Labute approximate surface area is 117 Å². The number of nitrogen functional groups attached to an aromatic ring is 1. The molecule has 1 aromatic heterocycles. The fourth-order valence-corrected chi connectivity index (χ4v) is 1.63. The van der Waals surface area contributed by atoms with E-state index in [1.807, 2.05) is 13.8 Å². The number of nitrogens with zero attached hydrogens (tertiary/aromatic N) is 2. The first kappa shape index (κ1) is 15.7. The van der Waals surface area contributed by atoms with E-state index < -0.39 is 0 Å². The second-order valence-electron chi connectivity index (χ2n) is 4.35. The maximum absolute atomic E-state index is 12.1. The van der Waals surface area contributed by atoms with Gasteiger partial charge in [0.05, 0.1) is 23.3 Å². The molecule has 0 saturated heterocycles. The van der Waals surface area contributed by atoms with E-state index in [9.17, 15) is 4.79 Å². The van der Waals surface area contributed by atoms with Crippen molar-refractivity contribution in [3.63, 3.8) is 0 Å². The van der Waals surface area contributed by atoms with Gasteiger partial charge >= 0.3 is 0 Å². The topological polar surface area (TPSA) is 80.5 Å². The Balaban J connectivity index is 2.64. The number of ether oxygens (including phenoxy) is 1. The van der Waals surface area contributed by atoms with Crippen LogP contribution in [0.1, 0.15) is 24.2 Å². The van der Waals surface area contributed by atoms with Gasteiger partial charge in [-0.3, -0.25) is 4.79 Å². The Morgan fingerprint density at radius 1 is 1.63 bits per heavy atom. The molecule has 0 atom stereocenters. The molecular formula is C12H19ClN4O2. The van der Waals surface area contributed by atoms with Gasteiger partial charge in [-0.25, -0.2) is 10.8 Å². The van der Waals surface area contributed by atoms with Gasteiger partial charge in [0, 0.05) is 19.8 Å². The highest BCUT2D eigenvalue weighted by Crippen LogP contribution is 2.19. The van der Waals surface area contributed by atoms with Crippen molar-refractivity contribution in [2.75, 3.05) is 25.6 Å². The minimum absolute atomic E-state index is 0.148. The molecule has 19 heavy (non-hydrogen) atoms. The SMILES string of the molecule is CC(C)OCCN(C)C(=O)c1cnc(NN)c(Cl)c1. The van der Waals surface area contributed by atoms with Gasteiger partial charge in [-0.2, -0.15) is 0 Å². The lowest BCUT2D eigenvalue weighted by molar-refractivity contribution is 0.0532. The highest BCUT2D eigenvalue weighted by Gasteiger charge is 2.14. The largest absolute Gasteiger partial charge is 0.377 e. The molecule has 0 unspecified atom stereocenters. The molecule has 1 heterocycles. The smallest absolute Gasteiger partial charge is 0.255 e. The molecular weight excluding hydrogens is 268 g/mol. The average molecular weight is 287 g/mol. The first-order valence-electron chi connectivity index (χ1n) is 5.95. The Bertz CT molecular complexity index is 440. The van der Waals surface area contributed by atoms with Crippen LogP contribution in [-0.2, 0) is 4.74 Å². The minimum Gasteiger partial charge on any atom is -0.377 e. The summed E-state index contributed by atoms with van der Waals surface area (Å²) in [6, 6.07) is 1.53. The first-order chi connectivity index (χ1) is 8.95. The summed E-state index contributed by atoms with van der Waals surface area (Å²) in [6.07, 6.45) is 1.58. The summed E-state index contributed by atoms with van der Waals surface area (Å²) in [5.74, 6) is 5.40. The van der Waals surface area contributed by atoms with E-state index in [2.05, 4.69) is 10.4 Å². The first-order valence-corrected chi connectivity index (χ1v) is 6.32. The normalized spacial score (nSPS) is 10.6. The quantitative estimate of drug-likeness (QED) is 0.612. The zero-order chi connectivity index (χ0) is 14.4.